The maximum Gasteiger partial charge on any atom is 0.296 e. The van der Waals surface area contributed by atoms with Crippen LogP contribution in [0, 0.1) is 0 Å². The van der Waals surface area contributed by atoms with Crippen molar-refractivity contribution in [2.45, 2.75) is 19.5 Å². The molecular formula is C21H19N5O2. The molecule has 0 aliphatic carbocycles. The number of hydrogen-bond donors (Lipinski definition) is 2. The maximum absolute atomic E-state index is 12.6. The molecule has 0 unspecified atom stereocenters. The average molecular weight is 373 g/mol. The van der Waals surface area contributed by atoms with Gasteiger partial charge < -0.3 is 10.6 Å². The number of carbonyl (C=O) groups excluding carboxylic acids is 1. The van der Waals surface area contributed by atoms with Gasteiger partial charge >= 0.3 is 0 Å². The number of hydrogen-bond acceptors (Lipinski definition) is 6. The molecule has 3 aromatic rings. The van der Waals surface area contributed by atoms with Crippen LogP contribution < -0.4 is 16.2 Å². The van der Waals surface area contributed by atoms with E-state index in [2.05, 4.69) is 43.9 Å². The van der Waals surface area contributed by atoms with Crippen LogP contribution in [0.4, 0.5) is 11.4 Å². The van der Waals surface area contributed by atoms with Crippen molar-refractivity contribution in [2.24, 2.45) is 0 Å². The van der Waals surface area contributed by atoms with Crippen molar-refractivity contribution in [3.63, 3.8) is 0 Å². The summed E-state index contributed by atoms with van der Waals surface area (Å²) in [4.78, 5) is 27.0. The molecule has 0 spiro atoms. The summed E-state index contributed by atoms with van der Waals surface area (Å²) < 4.78 is 0. The molecule has 7 heteroatoms. The molecule has 140 valence electrons. The molecule has 3 heterocycles. The largest absolute Gasteiger partial charge is 0.380 e. The Labute approximate surface area is 161 Å². The predicted molar refractivity (Wildman–Crippen MR) is 107 cm³/mol. The van der Waals surface area contributed by atoms with E-state index in [1.807, 2.05) is 12.1 Å². The number of fused-ring (bicyclic) bond motifs is 1. The summed E-state index contributed by atoms with van der Waals surface area (Å²) in [7, 11) is 0. The summed E-state index contributed by atoms with van der Waals surface area (Å²) >= 11 is 0. The van der Waals surface area contributed by atoms with Gasteiger partial charge in [0.2, 0.25) is 5.91 Å². The Morgan fingerprint density at radius 3 is 2.93 bits per heavy atom. The van der Waals surface area contributed by atoms with Crippen molar-refractivity contribution in [3.05, 3.63) is 69.6 Å². The van der Waals surface area contributed by atoms with E-state index < -0.39 is 5.56 Å². The van der Waals surface area contributed by atoms with Crippen molar-refractivity contribution < 1.29 is 4.79 Å². The van der Waals surface area contributed by atoms with Crippen LogP contribution in [-0.2, 0) is 24.3 Å². The lowest BCUT2D eigenvalue weighted by atomic mass is 10.00. The number of benzene rings is 2. The first-order valence-corrected chi connectivity index (χ1v) is 9.33. The molecule has 28 heavy (non-hydrogen) atoms. The van der Waals surface area contributed by atoms with Gasteiger partial charge in [0, 0.05) is 42.0 Å². The highest BCUT2D eigenvalue weighted by Gasteiger charge is 2.20. The predicted octanol–water partition coefficient (Wildman–Crippen LogP) is 1.91. The molecular weight excluding hydrogens is 354 g/mol. The van der Waals surface area contributed by atoms with E-state index in [9.17, 15) is 9.59 Å². The van der Waals surface area contributed by atoms with Crippen LogP contribution in [-0.4, -0.2) is 34.1 Å². The van der Waals surface area contributed by atoms with E-state index in [4.69, 9.17) is 0 Å². The standard InChI is InChI=1S/C21H19N5O2/c27-19(12-26-6-5-13-3-1-2-4-14(13)11-26)24-16-7-17-20-15(9-22-18(20)8-16)10-23-25-21(17)28/h1-4,7-8,10,22H,5-6,9,11-12H2,(H,24,27). The molecule has 0 bridgehead atoms. The van der Waals surface area contributed by atoms with Crippen molar-refractivity contribution in [1.29, 1.82) is 0 Å². The summed E-state index contributed by atoms with van der Waals surface area (Å²) in [6, 6.07) is 11.9. The van der Waals surface area contributed by atoms with Gasteiger partial charge in [-0.1, -0.05) is 24.3 Å². The highest BCUT2D eigenvalue weighted by Crippen LogP contribution is 2.33. The molecule has 1 aromatic heterocycles. The quantitative estimate of drug-likeness (QED) is 0.729. The van der Waals surface area contributed by atoms with Gasteiger partial charge in [-0.3, -0.25) is 14.5 Å². The number of aromatic nitrogens is 2. The third-order valence-electron chi connectivity index (χ3n) is 5.38. The van der Waals surface area contributed by atoms with Gasteiger partial charge in [0.25, 0.3) is 5.56 Å². The van der Waals surface area contributed by atoms with Gasteiger partial charge in [-0.05, 0) is 29.7 Å². The molecule has 0 fully saturated rings. The molecule has 0 atom stereocenters. The number of nitrogens with zero attached hydrogens (tertiary/aromatic N) is 3. The van der Waals surface area contributed by atoms with Crippen LogP contribution in [0.25, 0.3) is 10.8 Å². The summed E-state index contributed by atoms with van der Waals surface area (Å²) in [5, 5.41) is 15.0. The highest BCUT2D eigenvalue weighted by molar-refractivity contribution is 6.03. The normalized spacial score (nSPS) is 15.1. The Morgan fingerprint density at radius 1 is 1.18 bits per heavy atom. The maximum atomic E-state index is 12.6. The second kappa shape index (κ2) is 6.69. The topological polar surface area (TPSA) is 87.2 Å². The van der Waals surface area contributed by atoms with Crippen LogP contribution >= 0.6 is 0 Å². The Balaban J connectivity index is 1.36. The molecule has 0 radical (unpaired) electrons. The number of rotatable bonds is 3. The van der Waals surface area contributed by atoms with Crippen LogP contribution in [0.15, 0.2) is 47.4 Å². The zero-order chi connectivity index (χ0) is 19.1. The Hall–Kier alpha value is -3.32. The van der Waals surface area contributed by atoms with Crippen LogP contribution in [0.5, 0.6) is 0 Å². The second-order valence-corrected chi connectivity index (χ2v) is 7.25. The number of nitrogens with one attached hydrogen (secondary N) is 2. The third-order valence-corrected chi connectivity index (χ3v) is 5.38. The molecule has 5 rings (SSSR count). The van der Waals surface area contributed by atoms with Crippen molar-refractivity contribution in [2.75, 3.05) is 23.7 Å². The first-order valence-electron chi connectivity index (χ1n) is 9.33. The number of carbonyl (C=O) groups is 1. The van der Waals surface area contributed by atoms with E-state index in [1.165, 1.54) is 11.1 Å². The summed E-state index contributed by atoms with van der Waals surface area (Å²) in [5.74, 6) is -0.0945. The van der Waals surface area contributed by atoms with Crippen molar-refractivity contribution >= 4 is 28.1 Å². The van der Waals surface area contributed by atoms with Gasteiger partial charge in [-0.15, -0.1) is 5.10 Å². The molecule has 2 aliphatic rings. The zero-order valence-corrected chi connectivity index (χ0v) is 15.2. The monoisotopic (exact) mass is 373 g/mol. The number of amides is 1. The lowest BCUT2D eigenvalue weighted by Gasteiger charge is -2.28. The van der Waals surface area contributed by atoms with E-state index in [-0.39, 0.29) is 5.91 Å². The summed E-state index contributed by atoms with van der Waals surface area (Å²) in [6.07, 6.45) is 2.56. The molecule has 0 saturated carbocycles. The minimum atomic E-state index is -0.394. The minimum absolute atomic E-state index is 0.0945. The number of anilines is 2. The SMILES string of the molecule is O=C(CN1CCc2ccccc2C1)Nc1cc2c3c(cnnc(=O)c3c1)CN2. The summed E-state index contributed by atoms with van der Waals surface area (Å²) in [6.45, 7) is 2.54. The second-order valence-electron chi connectivity index (χ2n) is 7.25. The summed E-state index contributed by atoms with van der Waals surface area (Å²) in [5.41, 5.74) is 4.59. The average Bonchev–Trinajstić information content (AvgIpc) is 3.02. The Kier molecular flexibility index (Phi) is 4.02. The Bertz CT molecular complexity index is 1160. The fraction of sp³-hybridized carbons (Fsp3) is 0.238. The van der Waals surface area contributed by atoms with Crippen LogP contribution in [0.2, 0.25) is 0 Å². The van der Waals surface area contributed by atoms with Gasteiger partial charge in [-0.25, -0.2) is 0 Å². The Morgan fingerprint density at radius 2 is 2.04 bits per heavy atom. The van der Waals surface area contributed by atoms with Gasteiger partial charge in [0.1, 0.15) is 0 Å². The molecule has 1 amide bonds. The molecule has 2 N–H and O–H groups in total. The molecule has 0 saturated heterocycles. The third kappa shape index (κ3) is 2.99. The lowest BCUT2D eigenvalue weighted by Crippen LogP contribution is -2.37. The molecule has 2 aromatic carbocycles. The zero-order valence-electron chi connectivity index (χ0n) is 15.2. The highest BCUT2D eigenvalue weighted by atomic mass is 16.2. The first-order chi connectivity index (χ1) is 13.7. The smallest absolute Gasteiger partial charge is 0.296 e. The van der Waals surface area contributed by atoms with Gasteiger partial charge in [0.05, 0.1) is 18.1 Å². The molecule has 2 aliphatic heterocycles. The van der Waals surface area contributed by atoms with E-state index >= 15 is 0 Å². The minimum Gasteiger partial charge on any atom is -0.380 e. The van der Waals surface area contributed by atoms with Crippen LogP contribution in [0.3, 0.4) is 0 Å². The first kappa shape index (κ1) is 16.8. The van der Waals surface area contributed by atoms with Crippen LogP contribution in [0.1, 0.15) is 16.7 Å². The fourth-order valence-electron chi connectivity index (χ4n) is 4.05. The van der Waals surface area contributed by atoms with Crippen molar-refractivity contribution in [3.8, 4) is 0 Å². The van der Waals surface area contributed by atoms with E-state index in [1.54, 1.807) is 12.3 Å². The lowest BCUT2D eigenvalue weighted by molar-refractivity contribution is -0.117. The molecule has 7 nitrogen and oxygen atoms in total. The van der Waals surface area contributed by atoms with Gasteiger partial charge in [0.15, 0.2) is 0 Å². The fourth-order valence-corrected chi connectivity index (χ4v) is 4.05. The van der Waals surface area contributed by atoms with E-state index in [0.717, 1.165) is 36.1 Å². The van der Waals surface area contributed by atoms with E-state index in [0.29, 0.717) is 24.2 Å². The van der Waals surface area contributed by atoms with Gasteiger partial charge in [-0.2, -0.15) is 5.10 Å². The van der Waals surface area contributed by atoms with Crippen molar-refractivity contribution in [1.82, 2.24) is 15.1 Å².